The highest BCUT2D eigenvalue weighted by atomic mass is 16.6. The predicted molar refractivity (Wildman–Crippen MR) is 101 cm³/mol. The van der Waals surface area contributed by atoms with Gasteiger partial charge < -0.3 is 19.7 Å². The molecule has 0 unspecified atom stereocenters. The van der Waals surface area contributed by atoms with E-state index in [9.17, 15) is 14.9 Å². The van der Waals surface area contributed by atoms with Gasteiger partial charge in [-0.15, -0.1) is 0 Å². The molecule has 27 heavy (non-hydrogen) atoms. The number of carbonyl (C=O) groups is 1. The monoisotopic (exact) mass is 373 g/mol. The number of likely N-dealkylation sites (N-methyl/N-ethyl adjacent to an activating group) is 1. The second kappa shape index (κ2) is 9.54. The number of methoxy groups -OCH3 is 1. The van der Waals surface area contributed by atoms with Crippen molar-refractivity contribution < 1.29 is 19.2 Å². The van der Waals surface area contributed by atoms with Crippen molar-refractivity contribution in [3.63, 3.8) is 0 Å². The Balaban J connectivity index is 1.95. The SMILES string of the molecule is COc1ccc(OCC(=O)NC[C@@H](c2ccccc2)N(C)C)c([N+](=O)[O-])c1. The normalized spacial score (nSPS) is 11.7. The Morgan fingerprint density at radius 2 is 1.93 bits per heavy atom. The Hall–Kier alpha value is -3.13. The lowest BCUT2D eigenvalue weighted by atomic mass is 10.1. The van der Waals surface area contributed by atoms with Crippen molar-refractivity contribution in [2.45, 2.75) is 6.04 Å². The summed E-state index contributed by atoms with van der Waals surface area (Å²) < 4.78 is 10.3. The molecule has 0 aliphatic carbocycles. The Morgan fingerprint density at radius 1 is 1.22 bits per heavy atom. The maximum atomic E-state index is 12.1. The largest absolute Gasteiger partial charge is 0.496 e. The van der Waals surface area contributed by atoms with Crippen LogP contribution in [0.5, 0.6) is 11.5 Å². The quantitative estimate of drug-likeness (QED) is 0.536. The summed E-state index contributed by atoms with van der Waals surface area (Å²) in [5.74, 6) is 0.00116. The van der Waals surface area contributed by atoms with Crippen molar-refractivity contribution in [1.29, 1.82) is 0 Å². The number of carbonyl (C=O) groups excluding carboxylic acids is 1. The van der Waals surface area contributed by atoms with E-state index in [0.29, 0.717) is 12.3 Å². The van der Waals surface area contributed by atoms with Crippen LogP contribution >= 0.6 is 0 Å². The zero-order chi connectivity index (χ0) is 19.8. The van der Waals surface area contributed by atoms with Crippen LogP contribution in [0, 0.1) is 10.1 Å². The number of nitrogens with one attached hydrogen (secondary N) is 1. The molecule has 0 saturated carbocycles. The molecule has 2 rings (SSSR count). The molecule has 0 aromatic heterocycles. The highest BCUT2D eigenvalue weighted by molar-refractivity contribution is 5.77. The van der Waals surface area contributed by atoms with E-state index >= 15 is 0 Å². The van der Waals surface area contributed by atoms with Crippen LogP contribution in [0.15, 0.2) is 48.5 Å². The van der Waals surface area contributed by atoms with E-state index in [1.165, 1.54) is 25.3 Å². The maximum absolute atomic E-state index is 12.1. The van der Waals surface area contributed by atoms with Gasteiger partial charge in [-0.3, -0.25) is 14.9 Å². The van der Waals surface area contributed by atoms with Gasteiger partial charge in [-0.2, -0.15) is 0 Å². The van der Waals surface area contributed by atoms with Crippen LogP contribution in [0.25, 0.3) is 0 Å². The van der Waals surface area contributed by atoms with E-state index in [1.54, 1.807) is 0 Å². The van der Waals surface area contributed by atoms with Crippen LogP contribution in [-0.2, 0) is 4.79 Å². The lowest BCUT2D eigenvalue weighted by Gasteiger charge is -2.25. The van der Waals surface area contributed by atoms with E-state index in [-0.39, 0.29) is 30.0 Å². The van der Waals surface area contributed by atoms with Gasteiger partial charge in [-0.05, 0) is 31.8 Å². The molecule has 0 radical (unpaired) electrons. The van der Waals surface area contributed by atoms with Crippen LogP contribution in [0.1, 0.15) is 11.6 Å². The third-order valence-corrected chi connectivity index (χ3v) is 4.02. The average Bonchev–Trinajstić information content (AvgIpc) is 2.66. The Labute approximate surface area is 157 Å². The first-order chi connectivity index (χ1) is 12.9. The number of rotatable bonds is 9. The minimum absolute atomic E-state index is 0.00507. The summed E-state index contributed by atoms with van der Waals surface area (Å²) in [6, 6.07) is 14.0. The second-order valence-corrected chi connectivity index (χ2v) is 6.07. The standard InChI is InChI=1S/C19H23N3O5/c1-21(2)17(14-7-5-4-6-8-14)12-20-19(23)13-27-18-10-9-15(26-3)11-16(18)22(24)25/h4-11,17H,12-13H2,1-3H3,(H,20,23)/t17-/m0/s1. The lowest BCUT2D eigenvalue weighted by Crippen LogP contribution is -2.36. The van der Waals surface area contributed by atoms with E-state index < -0.39 is 4.92 Å². The molecule has 0 bridgehead atoms. The van der Waals surface area contributed by atoms with Gasteiger partial charge in [0.05, 0.1) is 24.1 Å². The molecule has 8 nitrogen and oxygen atoms in total. The van der Waals surface area contributed by atoms with E-state index in [1.807, 2.05) is 49.3 Å². The molecule has 0 heterocycles. The van der Waals surface area contributed by atoms with E-state index in [2.05, 4.69) is 5.32 Å². The third-order valence-electron chi connectivity index (χ3n) is 4.02. The molecule has 0 saturated heterocycles. The van der Waals surface area contributed by atoms with Crippen molar-refractivity contribution in [2.75, 3.05) is 34.4 Å². The fourth-order valence-electron chi connectivity index (χ4n) is 2.57. The first kappa shape index (κ1) is 20.2. The smallest absolute Gasteiger partial charge is 0.314 e. The van der Waals surface area contributed by atoms with E-state index in [4.69, 9.17) is 9.47 Å². The predicted octanol–water partition coefficient (Wildman–Crippen LogP) is 2.40. The van der Waals surface area contributed by atoms with Gasteiger partial charge in [0.1, 0.15) is 5.75 Å². The van der Waals surface area contributed by atoms with Crippen LogP contribution in [0.2, 0.25) is 0 Å². The molecule has 2 aromatic carbocycles. The first-order valence-electron chi connectivity index (χ1n) is 8.35. The third kappa shape index (κ3) is 5.68. The number of nitro groups is 1. The molecule has 144 valence electrons. The number of ether oxygens (including phenoxy) is 2. The van der Waals surface area contributed by atoms with Crippen LogP contribution in [0.4, 0.5) is 5.69 Å². The molecule has 0 spiro atoms. The van der Waals surface area contributed by atoms with Crippen molar-refractivity contribution in [3.8, 4) is 11.5 Å². The van der Waals surface area contributed by atoms with Crippen LogP contribution in [-0.4, -0.2) is 50.1 Å². The molecule has 1 amide bonds. The minimum Gasteiger partial charge on any atom is -0.496 e. The van der Waals surface area contributed by atoms with Crippen molar-refractivity contribution in [3.05, 3.63) is 64.2 Å². The number of benzene rings is 2. The van der Waals surface area contributed by atoms with Crippen molar-refractivity contribution in [2.24, 2.45) is 0 Å². The van der Waals surface area contributed by atoms with Gasteiger partial charge in [0, 0.05) is 6.54 Å². The van der Waals surface area contributed by atoms with Gasteiger partial charge in [0.2, 0.25) is 0 Å². The Kier molecular flexibility index (Phi) is 7.13. The Morgan fingerprint density at radius 3 is 2.52 bits per heavy atom. The summed E-state index contributed by atoms with van der Waals surface area (Å²) in [6.45, 7) is 0.0754. The number of nitrogens with zero attached hydrogens (tertiary/aromatic N) is 2. The summed E-state index contributed by atoms with van der Waals surface area (Å²) in [4.78, 5) is 24.7. The maximum Gasteiger partial charge on any atom is 0.314 e. The van der Waals surface area contributed by atoms with Crippen LogP contribution in [0.3, 0.4) is 0 Å². The molecule has 0 aliphatic rings. The molecule has 0 aliphatic heterocycles. The van der Waals surface area contributed by atoms with Crippen molar-refractivity contribution >= 4 is 11.6 Å². The Bertz CT molecular complexity index is 780. The van der Waals surface area contributed by atoms with E-state index in [0.717, 1.165) is 5.56 Å². The highest BCUT2D eigenvalue weighted by Gasteiger charge is 2.19. The van der Waals surface area contributed by atoms with Gasteiger partial charge >= 0.3 is 5.69 Å². The topological polar surface area (TPSA) is 93.9 Å². The fraction of sp³-hybridized carbons (Fsp3) is 0.316. The van der Waals surface area contributed by atoms with Gasteiger partial charge in [0.15, 0.2) is 12.4 Å². The zero-order valence-corrected chi connectivity index (χ0v) is 15.5. The van der Waals surface area contributed by atoms with Crippen LogP contribution < -0.4 is 14.8 Å². The molecule has 0 fully saturated rings. The number of hydrogen-bond acceptors (Lipinski definition) is 6. The minimum atomic E-state index is -0.576. The second-order valence-electron chi connectivity index (χ2n) is 6.07. The first-order valence-corrected chi connectivity index (χ1v) is 8.35. The molecule has 1 N–H and O–H groups in total. The molecular weight excluding hydrogens is 350 g/mol. The van der Waals surface area contributed by atoms with Crippen molar-refractivity contribution in [1.82, 2.24) is 10.2 Å². The molecule has 2 aromatic rings. The van der Waals surface area contributed by atoms with Gasteiger partial charge in [-0.1, -0.05) is 30.3 Å². The van der Waals surface area contributed by atoms with Gasteiger partial charge in [0.25, 0.3) is 5.91 Å². The number of hydrogen-bond donors (Lipinski definition) is 1. The number of amides is 1. The summed E-state index contributed by atoms with van der Waals surface area (Å²) >= 11 is 0. The summed E-state index contributed by atoms with van der Waals surface area (Å²) in [5.41, 5.74) is 0.826. The summed E-state index contributed by atoms with van der Waals surface area (Å²) in [6.07, 6.45) is 0. The fourth-order valence-corrected chi connectivity index (χ4v) is 2.57. The molecule has 1 atom stereocenters. The zero-order valence-electron chi connectivity index (χ0n) is 15.5. The van der Waals surface area contributed by atoms with Gasteiger partial charge in [-0.25, -0.2) is 0 Å². The summed E-state index contributed by atoms with van der Waals surface area (Å²) in [7, 11) is 5.28. The molecular formula is C19H23N3O5. The summed E-state index contributed by atoms with van der Waals surface area (Å²) in [5, 5.41) is 13.9. The molecule has 8 heteroatoms. The average molecular weight is 373 g/mol. The number of nitro benzene ring substituents is 1. The highest BCUT2D eigenvalue weighted by Crippen LogP contribution is 2.30. The lowest BCUT2D eigenvalue weighted by molar-refractivity contribution is -0.385.